The molecule has 3 heterocycles. The van der Waals surface area contributed by atoms with Crippen LogP contribution in [0.15, 0.2) is 53.7 Å². The number of nitrogens with zero attached hydrogens (tertiary/aromatic N) is 5. The van der Waals surface area contributed by atoms with Crippen LogP contribution in [0.2, 0.25) is 5.28 Å². The van der Waals surface area contributed by atoms with Crippen molar-refractivity contribution in [3.8, 4) is 23.5 Å². The van der Waals surface area contributed by atoms with Crippen LogP contribution < -0.4 is 11.3 Å². The molecule has 4 rings (SSSR count). The molecule has 0 unspecified atom stereocenters. The van der Waals surface area contributed by atoms with Gasteiger partial charge in [0.25, 0.3) is 11.2 Å². The number of halogens is 1. The van der Waals surface area contributed by atoms with Gasteiger partial charge in [-0.25, -0.2) is 14.6 Å². The zero-order valence-electron chi connectivity index (χ0n) is 24.7. The molecule has 4 aromatic rings. The number of carbonyl (C=O) groups is 2. The number of aliphatic hydroxyl groups excluding tert-OH is 1. The number of rotatable bonds is 14. The number of anilines is 1. The van der Waals surface area contributed by atoms with Gasteiger partial charge in [-0.1, -0.05) is 37.1 Å². The van der Waals surface area contributed by atoms with Gasteiger partial charge in [0.15, 0.2) is 23.3 Å². The number of pyridine rings is 1. The highest BCUT2D eigenvalue weighted by Crippen LogP contribution is 2.31. The highest BCUT2D eigenvalue weighted by atomic mass is 35.5. The van der Waals surface area contributed by atoms with E-state index in [1.165, 1.54) is 12.1 Å². The molecule has 0 radical (unpaired) electrons. The number of imidazole rings is 1. The van der Waals surface area contributed by atoms with Crippen molar-refractivity contribution in [1.29, 1.82) is 0 Å². The van der Waals surface area contributed by atoms with Crippen molar-refractivity contribution in [3.05, 3.63) is 70.1 Å². The van der Waals surface area contributed by atoms with Crippen LogP contribution >= 0.6 is 11.6 Å². The zero-order valence-corrected chi connectivity index (χ0v) is 25.5. The van der Waals surface area contributed by atoms with Crippen molar-refractivity contribution in [2.24, 2.45) is 0 Å². The van der Waals surface area contributed by atoms with Crippen LogP contribution in [0.25, 0.3) is 22.3 Å². The number of aliphatic hydroxyl groups is 2. The average molecular weight is 655 g/mol. The molecule has 6 N–H and O–H groups in total. The third-order valence-electron chi connectivity index (χ3n) is 7.46. The molecule has 0 saturated carbocycles. The third-order valence-corrected chi connectivity index (χ3v) is 7.63. The summed E-state index contributed by atoms with van der Waals surface area (Å²) in [5.74, 6) is -1.80. The van der Waals surface area contributed by atoms with Crippen LogP contribution in [0, 0.1) is 12.3 Å². The van der Waals surface area contributed by atoms with Crippen LogP contribution in [0.1, 0.15) is 25.1 Å². The van der Waals surface area contributed by atoms with Gasteiger partial charge in [0.2, 0.25) is 5.28 Å². The lowest BCUT2D eigenvalue weighted by Gasteiger charge is -2.36. The Labute approximate surface area is 266 Å². The number of benzene rings is 1. The summed E-state index contributed by atoms with van der Waals surface area (Å²) < 4.78 is 13.3. The number of methoxy groups -OCH3 is 1. The van der Waals surface area contributed by atoms with E-state index < -0.39 is 48.5 Å². The Bertz CT molecular complexity index is 1840. The van der Waals surface area contributed by atoms with E-state index >= 15 is 0 Å². The van der Waals surface area contributed by atoms with Crippen LogP contribution in [-0.4, -0.2) is 87.5 Å². The van der Waals surface area contributed by atoms with Crippen molar-refractivity contribution < 1.29 is 39.5 Å². The van der Waals surface area contributed by atoms with Gasteiger partial charge in [-0.3, -0.25) is 9.36 Å². The summed E-state index contributed by atoms with van der Waals surface area (Å²) in [5, 5.41) is 42.5. The average Bonchev–Trinajstić information content (AvgIpc) is 3.45. The van der Waals surface area contributed by atoms with Gasteiger partial charge in [-0.15, -0.1) is 6.42 Å². The first kappa shape index (κ1) is 34.0. The first-order valence-corrected chi connectivity index (χ1v) is 14.2. The van der Waals surface area contributed by atoms with Gasteiger partial charge in [0.1, 0.15) is 11.6 Å². The van der Waals surface area contributed by atoms with E-state index in [0.29, 0.717) is 17.7 Å². The molecular weight excluding hydrogens is 624 g/mol. The molecular formula is C30H31ClN6O9. The molecule has 15 nitrogen and oxygen atoms in total. The predicted molar refractivity (Wildman–Crippen MR) is 165 cm³/mol. The molecule has 16 heteroatoms. The van der Waals surface area contributed by atoms with Gasteiger partial charge >= 0.3 is 11.9 Å². The summed E-state index contributed by atoms with van der Waals surface area (Å²) in [5.41, 5.74) is 1.22. The second-order valence-electron chi connectivity index (χ2n) is 10.3. The van der Waals surface area contributed by atoms with E-state index in [9.17, 15) is 34.8 Å². The SMILES string of the molecule is C#C[C@@](O)([C@@H](COC(Cc1ccc(-c2cccn(CCC)c2=O)cc1)(C(=O)O)C(=O)O)OC)[C@@H](O)n1cnc2c(N)nc(Cl)nc21. The maximum Gasteiger partial charge on any atom is 0.348 e. The molecule has 0 bridgehead atoms. The number of nitrogens with two attached hydrogens (primary N) is 1. The fraction of sp³-hybridized carbons (Fsp3) is 0.333. The van der Waals surface area contributed by atoms with E-state index in [0.717, 1.165) is 24.4 Å². The highest BCUT2D eigenvalue weighted by molar-refractivity contribution is 6.28. The van der Waals surface area contributed by atoms with Gasteiger partial charge in [0.05, 0.1) is 12.9 Å². The van der Waals surface area contributed by atoms with E-state index in [1.807, 2.05) is 12.8 Å². The van der Waals surface area contributed by atoms with Gasteiger partial charge in [-0.2, -0.15) is 9.97 Å². The Morgan fingerprint density at radius 1 is 1.17 bits per heavy atom. The fourth-order valence-corrected chi connectivity index (χ4v) is 5.08. The largest absolute Gasteiger partial charge is 0.479 e. The number of carboxylic acid groups (broad SMARTS) is 2. The van der Waals surface area contributed by atoms with Crippen molar-refractivity contribution in [2.75, 3.05) is 19.5 Å². The molecule has 1 aromatic carbocycles. The molecule has 46 heavy (non-hydrogen) atoms. The number of aromatic nitrogens is 5. The summed E-state index contributed by atoms with van der Waals surface area (Å²) in [6.45, 7) is 1.57. The van der Waals surface area contributed by atoms with E-state index in [2.05, 4.69) is 15.0 Å². The smallest absolute Gasteiger partial charge is 0.348 e. The fourth-order valence-electron chi connectivity index (χ4n) is 4.91. The second kappa shape index (κ2) is 13.6. The van der Waals surface area contributed by atoms with E-state index in [-0.39, 0.29) is 33.4 Å². The number of carboxylic acids is 2. The summed E-state index contributed by atoms with van der Waals surface area (Å²) >= 11 is 5.89. The number of aryl methyl sites for hydroxylation is 1. The Kier molecular flexibility index (Phi) is 10.1. The topological polar surface area (TPSA) is 225 Å². The summed E-state index contributed by atoms with van der Waals surface area (Å²) in [6.07, 6.45) is 4.71. The molecule has 0 aliphatic carbocycles. The molecule has 0 spiro atoms. The molecule has 0 amide bonds. The van der Waals surface area contributed by atoms with Crippen LogP contribution in [0.5, 0.6) is 0 Å². The number of hydrogen-bond acceptors (Lipinski definition) is 11. The predicted octanol–water partition coefficient (Wildman–Crippen LogP) is 1.34. The van der Waals surface area contributed by atoms with Crippen molar-refractivity contribution >= 4 is 40.5 Å². The van der Waals surface area contributed by atoms with Gasteiger partial charge < -0.3 is 40.2 Å². The van der Waals surface area contributed by atoms with E-state index in [1.54, 1.807) is 35.0 Å². The minimum Gasteiger partial charge on any atom is -0.479 e. The Morgan fingerprint density at radius 3 is 2.43 bits per heavy atom. The first-order chi connectivity index (χ1) is 21.8. The third kappa shape index (κ3) is 6.29. The maximum absolute atomic E-state index is 12.9. The molecule has 0 saturated heterocycles. The molecule has 3 atom stereocenters. The highest BCUT2D eigenvalue weighted by Gasteiger charge is 2.51. The monoisotopic (exact) mass is 654 g/mol. The van der Waals surface area contributed by atoms with Gasteiger partial charge in [-0.05, 0) is 41.3 Å². The first-order valence-electron chi connectivity index (χ1n) is 13.8. The van der Waals surface area contributed by atoms with E-state index in [4.69, 9.17) is 33.2 Å². The quantitative estimate of drug-likeness (QED) is 0.0736. The van der Waals surface area contributed by atoms with Crippen LogP contribution in [0.4, 0.5) is 5.82 Å². The lowest BCUT2D eigenvalue weighted by Crippen LogP contribution is -2.56. The Hall–Kier alpha value is -4.85. The maximum atomic E-state index is 12.9. The molecule has 3 aromatic heterocycles. The Balaban J connectivity index is 1.62. The summed E-state index contributed by atoms with van der Waals surface area (Å²) in [6, 6.07) is 9.49. The molecule has 0 fully saturated rings. The minimum absolute atomic E-state index is 0.0359. The standard InChI is InChI=1S/C30H31ClN6O9/c1-4-12-36-13-6-7-19(24(36)38)18-10-8-17(9-11-18)14-30(26(40)41,27(42)43)46-15-20(45-3)29(44,5-2)25(39)37-16-33-21-22(32)34-28(31)35-23(21)37/h2,6-11,13,16,20,25,39,44H,4,12,14-15H2,1,3H3,(H,40,41)(H,42,43)(H2,32,34,35)/t20-,25-,29-/m1/s1. The van der Waals surface area contributed by atoms with Gasteiger partial charge in [0, 0.05) is 31.8 Å². The molecule has 0 aliphatic heterocycles. The number of nitrogen functional groups attached to an aromatic ring is 1. The zero-order chi connectivity index (χ0) is 33.8. The molecule has 0 aliphatic rings. The summed E-state index contributed by atoms with van der Waals surface area (Å²) in [7, 11) is 1.09. The minimum atomic E-state index is -2.88. The van der Waals surface area contributed by atoms with Crippen LogP contribution in [-0.2, 0) is 32.0 Å². The second-order valence-corrected chi connectivity index (χ2v) is 10.7. The number of aliphatic carboxylic acids is 2. The number of ether oxygens (including phenoxy) is 2. The normalized spacial score (nSPS) is 14.3. The number of fused-ring (bicyclic) bond motifs is 1. The number of hydrogen-bond donors (Lipinski definition) is 5. The lowest BCUT2D eigenvalue weighted by atomic mass is 9.92. The Morgan fingerprint density at radius 2 is 1.85 bits per heavy atom. The molecule has 242 valence electrons. The van der Waals surface area contributed by atoms with Crippen molar-refractivity contribution in [2.45, 2.75) is 49.8 Å². The van der Waals surface area contributed by atoms with Crippen molar-refractivity contribution in [1.82, 2.24) is 24.1 Å². The van der Waals surface area contributed by atoms with Crippen molar-refractivity contribution in [3.63, 3.8) is 0 Å². The lowest BCUT2D eigenvalue weighted by molar-refractivity contribution is -0.202. The number of terminal acetylenes is 1. The summed E-state index contributed by atoms with van der Waals surface area (Å²) in [4.78, 5) is 49.5. The van der Waals surface area contributed by atoms with Crippen LogP contribution in [0.3, 0.4) is 0 Å².